The third-order valence-corrected chi connectivity index (χ3v) is 4.77. The summed E-state index contributed by atoms with van der Waals surface area (Å²) in [4.78, 5) is 7.18. The largest absolute Gasteiger partial charge is 0.399 e. The van der Waals surface area contributed by atoms with Gasteiger partial charge in [0.15, 0.2) is 0 Å². The van der Waals surface area contributed by atoms with Gasteiger partial charge in [0.1, 0.15) is 5.82 Å². The molecule has 132 valence electrons. The highest BCUT2D eigenvalue weighted by Crippen LogP contribution is 2.23. The molecule has 0 bridgehead atoms. The Morgan fingerprint density at radius 3 is 2.40 bits per heavy atom. The van der Waals surface area contributed by atoms with Gasteiger partial charge in [-0.2, -0.15) is 0 Å². The average Bonchev–Trinajstić information content (AvgIpc) is 2.87. The summed E-state index contributed by atoms with van der Waals surface area (Å²) in [7, 11) is 4.24. The van der Waals surface area contributed by atoms with Gasteiger partial charge in [-0.3, -0.25) is 0 Å². The van der Waals surface area contributed by atoms with Crippen LogP contribution in [0.1, 0.15) is 28.9 Å². The molecular formula is C21H28N4. The first-order valence-electron chi connectivity index (χ1n) is 8.89. The second-order valence-corrected chi connectivity index (χ2v) is 7.18. The molecule has 3 rings (SSSR count). The van der Waals surface area contributed by atoms with E-state index in [1.54, 1.807) is 0 Å². The molecule has 0 aliphatic rings. The highest BCUT2D eigenvalue weighted by atomic mass is 15.1. The van der Waals surface area contributed by atoms with Crippen LogP contribution in [0.2, 0.25) is 0 Å². The van der Waals surface area contributed by atoms with Crippen LogP contribution >= 0.6 is 0 Å². The van der Waals surface area contributed by atoms with Crippen LogP contribution in [0.4, 0.5) is 5.69 Å². The maximum atomic E-state index is 5.81. The van der Waals surface area contributed by atoms with Crippen molar-refractivity contribution in [3.05, 3.63) is 58.9 Å². The van der Waals surface area contributed by atoms with Gasteiger partial charge in [-0.05, 0) is 81.9 Å². The maximum absolute atomic E-state index is 5.81. The number of hydrogen-bond donors (Lipinski definition) is 1. The van der Waals surface area contributed by atoms with Gasteiger partial charge in [0, 0.05) is 18.7 Å². The zero-order chi connectivity index (χ0) is 18.0. The lowest BCUT2D eigenvalue weighted by atomic mass is 10.1. The zero-order valence-electron chi connectivity index (χ0n) is 15.7. The van der Waals surface area contributed by atoms with E-state index >= 15 is 0 Å². The number of aryl methyl sites for hydroxylation is 3. The summed E-state index contributed by atoms with van der Waals surface area (Å²) in [5.41, 5.74) is 12.8. The van der Waals surface area contributed by atoms with Crippen molar-refractivity contribution < 1.29 is 0 Å². The number of imidazole rings is 1. The van der Waals surface area contributed by atoms with E-state index in [-0.39, 0.29) is 0 Å². The number of benzene rings is 2. The molecular weight excluding hydrogens is 308 g/mol. The Morgan fingerprint density at radius 2 is 1.72 bits per heavy atom. The van der Waals surface area contributed by atoms with Crippen molar-refractivity contribution >= 4 is 16.7 Å². The van der Waals surface area contributed by atoms with E-state index in [0.717, 1.165) is 43.0 Å². The Balaban J connectivity index is 1.97. The monoisotopic (exact) mass is 336 g/mol. The number of aromatic nitrogens is 2. The van der Waals surface area contributed by atoms with Crippen molar-refractivity contribution in [3.63, 3.8) is 0 Å². The minimum Gasteiger partial charge on any atom is -0.399 e. The number of rotatable bonds is 6. The second-order valence-electron chi connectivity index (χ2n) is 7.18. The van der Waals surface area contributed by atoms with Gasteiger partial charge >= 0.3 is 0 Å². The van der Waals surface area contributed by atoms with Crippen LogP contribution in [-0.2, 0) is 13.0 Å². The number of anilines is 1. The molecule has 0 unspecified atom stereocenters. The molecule has 4 nitrogen and oxygen atoms in total. The first-order chi connectivity index (χ1) is 11.9. The van der Waals surface area contributed by atoms with Crippen molar-refractivity contribution in [1.29, 1.82) is 0 Å². The number of nitrogen functional groups attached to an aromatic ring is 1. The molecule has 1 aromatic heterocycles. The van der Waals surface area contributed by atoms with Crippen LogP contribution in [0.5, 0.6) is 0 Å². The normalized spacial score (nSPS) is 11.6. The minimum atomic E-state index is 0.800. The first-order valence-corrected chi connectivity index (χ1v) is 8.89. The molecule has 0 aliphatic carbocycles. The lowest BCUT2D eigenvalue weighted by Crippen LogP contribution is -2.16. The summed E-state index contributed by atoms with van der Waals surface area (Å²) >= 11 is 0. The molecule has 4 heteroatoms. The molecule has 0 atom stereocenters. The number of fused-ring (bicyclic) bond motifs is 1. The molecule has 0 saturated carbocycles. The first kappa shape index (κ1) is 17.5. The van der Waals surface area contributed by atoms with E-state index in [0.29, 0.717) is 0 Å². The van der Waals surface area contributed by atoms with Crippen LogP contribution in [0.25, 0.3) is 11.0 Å². The van der Waals surface area contributed by atoms with Crippen LogP contribution in [0, 0.1) is 13.8 Å². The maximum Gasteiger partial charge on any atom is 0.114 e. The number of nitrogens with zero attached hydrogens (tertiary/aromatic N) is 3. The lowest BCUT2D eigenvalue weighted by Gasteiger charge is -2.13. The van der Waals surface area contributed by atoms with Gasteiger partial charge in [-0.1, -0.05) is 12.1 Å². The Morgan fingerprint density at radius 1 is 1.04 bits per heavy atom. The highest BCUT2D eigenvalue weighted by molar-refractivity contribution is 5.78. The average molecular weight is 336 g/mol. The van der Waals surface area contributed by atoms with Gasteiger partial charge in [-0.25, -0.2) is 4.98 Å². The van der Waals surface area contributed by atoms with Gasteiger partial charge in [0.05, 0.1) is 11.0 Å². The molecule has 0 aliphatic heterocycles. The molecule has 3 aromatic rings. The Labute approximate surface area is 150 Å². The Kier molecular flexibility index (Phi) is 5.09. The summed E-state index contributed by atoms with van der Waals surface area (Å²) < 4.78 is 2.39. The highest BCUT2D eigenvalue weighted by Gasteiger charge is 2.12. The summed E-state index contributed by atoms with van der Waals surface area (Å²) in [6, 6.07) is 12.6. The fourth-order valence-electron chi connectivity index (χ4n) is 3.18. The van der Waals surface area contributed by atoms with Crippen LogP contribution in [-0.4, -0.2) is 35.1 Å². The van der Waals surface area contributed by atoms with E-state index in [1.807, 2.05) is 12.1 Å². The number of hydrogen-bond acceptors (Lipinski definition) is 3. The van der Waals surface area contributed by atoms with Crippen molar-refractivity contribution in [2.24, 2.45) is 0 Å². The van der Waals surface area contributed by atoms with Gasteiger partial charge < -0.3 is 15.2 Å². The Hall–Kier alpha value is -2.33. The topological polar surface area (TPSA) is 47.1 Å². The molecule has 0 fully saturated rings. The minimum absolute atomic E-state index is 0.800. The molecule has 25 heavy (non-hydrogen) atoms. The van der Waals surface area contributed by atoms with Crippen molar-refractivity contribution in [2.45, 2.75) is 33.2 Å². The van der Waals surface area contributed by atoms with Gasteiger partial charge in [0.25, 0.3) is 0 Å². The van der Waals surface area contributed by atoms with E-state index in [1.165, 1.54) is 22.2 Å². The smallest absolute Gasteiger partial charge is 0.114 e. The van der Waals surface area contributed by atoms with E-state index < -0.39 is 0 Å². The van der Waals surface area contributed by atoms with Gasteiger partial charge in [-0.15, -0.1) is 0 Å². The summed E-state index contributed by atoms with van der Waals surface area (Å²) in [6.07, 6.45) is 1.94. The predicted octanol–water partition coefficient (Wildman–Crippen LogP) is 3.78. The SMILES string of the molecule is Cc1cc2nc(Cc3ccc(N)cc3)n(CCCN(C)C)c2cc1C. The quantitative estimate of drug-likeness (QED) is 0.697. The molecule has 0 saturated heterocycles. The van der Waals surface area contributed by atoms with Crippen molar-refractivity contribution in [2.75, 3.05) is 26.4 Å². The molecule has 2 aromatic carbocycles. The molecule has 2 N–H and O–H groups in total. The molecule has 0 amide bonds. The molecule has 0 spiro atoms. The second kappa shape index (κ2) is 7.28. The van der Waals surface area contributed by atoms with Gasteiger partial charge in [0.2, 0.25) is 0 Å². The third-order valence-electron chi connectivity index (χ3n) is 4.77. The van der Waals surface area contributed by atoms with Crippen LogP contribution in [0.15, 0.2) is 36.4 Å². The van der Waals surface area contributed by atoms with Crippen LogP contribution < -0.4 is 5.73 Å². The Bertz CT molecular complexity index is 860. The fraction of sp³-hybridized carbons (Fsp3) is 0.381. The van der Waals surface area contributed by atoms with Crippen molar-refractivity contribution in [3.8, 4) is 0 Å². The third kappa shape index (κ3) is 4.02. The van der Waals surface area contributed by atoms with E-state index in [4.69, 9.17) is 10.7 Å². The summed E-state index contributed by atoms with van der Waals surface area (Å²) in [6.45, 7) is 6.39. The lowest BCUT2D eigenvalue weighted by molar-refractivity contribution is 0.386. The van der Waals surface area contributed by atoms with E-state index in [2.05, 4.69) is 61.7 Å². The standard InChI is InChI=1S/C21H28N4/c1-15-12-19-20(13-16(15)2)25(11-5-10-24(3)4)21(23-19)14-17-6-8-18(22)9-7-17/h6-9,12-13H,5,10-11,14,22H2,1-4H3. The zero-order valence-corrected chi connectivity index (χ0v) is 15.7. The summed E-state index contributed by atoms with van der Waals surface area (Å²) in [5.74, 6) is 1.13. The van der Waals surface area contributed by atoms with E-state index in [9.17, 15) is 0 Å². The fourth-order valence-corrected chi connectivity index (χ4v) is 3.18. The molecule has 1 heterocycles. The predicted molar refractivity (Wildman–Crippen MR) is 106 cm³/mol. The van der Waals surface area contributed by atoms with Crippen molar-refractivity contribution in [1.82, 2.24) is 14.5 Å². The summed E-state index contributed by atoms with van der Waals surface area (Å²) in [5, 5.41) is 0. The molecule has 0 radical (unpaired) electrons. The van der Waals surface area contributed by atoms with Crippen LogP contribution in [0.3, 0.4) is 0 Å². The number of nitrogens with two attached hydrogens (primary N) is 1.